The predicted molar refractivity (Wildman–Crippen MR) is 147 cm³/mol. The lowest BCUT2D eigenvalue weighted by Gasteiger charge is -2.34. The van der Waals surface area contributed by atoms with E-state index in [0.29, 0.717) is 38.3 Å². The first kappa shape index (κ1) is 30.2. The van der Waals surface area contributed by atoms with Crippen LogP contribution in [0.15, 0.2) is 36.4 Å². The first-order valence-electron chi connectivity index (χ1n) is 11.6. The van der Waals surface area contributed by atoms with E-state index in [1.807, 2.05) is 13.8 Å². The summed E-state index contributed by atoms with van der Waals surface area (Å²) in [6, 6.07) is 8.76. The molecule has 0 unspecified atom stereocenters. The van der Waals surface area contributed by atoms with Crippen molar-refractivity contribution in [2.24, 2.45) is 0 Å². The van der Waals surface area contributed by atoms with E-state index in [9.17, 15) is 18.0 Å². The summed E-state index contributed by atoms with van der Waals surface area (Å²) in [5.74, 6) is -0.882. The zero-order valence-corrected chi connectivity index (χ0v) is 24.1. The third kappa shape index (κ3) is 8.00. The van der Waals surface area contributed by atoms with Gasteiger partial charge in [0.2, 0.25) is 21.8 Å². The van der Waals surface area contributed by atoms with Crippen molar-refractivity contribution in [1.82, 2.24) is 10.2 Å². The zero-order chi connectivity index (χ0) is 27.2. The van der Waals surface area contributed by atoms with Crippen LogP contribution < -0.4 is 9.62 Å². The maximum absolute atomic E-state index is 13.8. The van der Waals surface area contributed by atoms with Crippen molar-refractivity contribution < 1.29 is 18.0 Å². The van der Waals surface area contributed by atoms with Crippen LogP contribution in [0.4, 0.5) is 5.69 Å². The van der Waals surface area contributed by atoms with Crippen molar-refractivity contribution in [2.45, 2.75) is 59.2 Å². The highest BCUT2D eigenvalue weighted by molar-refractivity contribution is 7.92. The molecule has 0 aliphatic heterocycles. The maximum atomic E-state index is 13.8. The van der Waals surface area contributed by atoms with E-state index < -0.39 is 28.5 Å². The molecule has 0 radical (unpaired) electrons. The average molecular weight is 577 g/mol. The molecule has 36 heavy (non-hydrogen) atoms. The molecular formula is C25H32Cl3N3O4S. The van der Waals surface area contributed by atoms with Crippen LogP contribution in [0, 0.1) is 6.92 Å². The van der Waals surface area contributed by atoms with Crippen LogP contribution in [0.3, 0.4) is 0 Å². The second-order valence-corrected chi connectivity index (χ2v) is 11.9. The lowest BCUT2D eigenvalue weighted by Crippen LogP contribution is -2.53. The van der Waals surface area contributed by atoms with Crippen LogP contribution in [0.25, 0.3) is 0 Å². The van der Waals surface area contributed by atoms with E-state index in [1.54, 1.807) is 44.2 Å². The van der Waals surface area contributed by atoms with E-state index in [-0.39, 0.29) is 18.5 Å². The van der Waals surface area contributed by atoms with E-state index in [2.05, 4.69) is 5.32 Å². The summed E-state index contributed by atoms with van der Waals surface area (Å²) < 4.78 is 26.5. The number of benzene rings is 2. The fraction of sp³-hybridized carbons (Fsp3) is 0.440. The van der Waals surface area contributed by atoms with Gasteiger partial charge in [0.25, 0.3) is 0 Å². The van der Waals surface area contributed by atoms with E-state index in [0.717, 1.165) is 17.0 Å². The number of aryl methyl sites for hydroxylation is 1. The van der Waals surface area contributed by atoms with Gasteiger partial charge in [0, 0.05) is 27.7 Å². The molecule has 0 aliphatic rings. The summed E-state index contributed by atoms with van der Waals surface area (Å²) >= 11 is 18.5. The zero-order valence-electron chi connectivity index (χ0n) is 21.0. The number of nitrogens with zero attached hydrogens (tertiary/aromatic N) is 2. The SMILES string of the molecule is CC[C@@H](C)NC(=O)[C@H](CC)N(Cc1ccc(Cl)cc1Cl)C(=O)CN(c1cc(Cl)ccc1C)S(C)(=O)=O. The van der Waals surface area contributed by atoms with E-state index >= 15 is 0 Å². The normalized spacial score (nSPS) is 13.1. The number of hydrogen-bond donors (Lipinski definition) is 1. The highest BCUT2D eigenvalue weighted by Gasteiger charge is 2.33. The van der Waals surface area contributed by atoms with Gasteiger partial charge >= 0.3 is 0 Å². The molecule has 2 rings (SSSR count). The molecular weight excluding hydrogens is 545 g/mol. The van der Waals surface area contributed by atoms with Crippen LogP contribution >= 0.6 is 34.8 Å². The Morgan fingerprint density at radius 3 is 2.17 bits per heavy atom. The molecule has 1 N–H and O–H groups in total. The van der Waals surface area contributed by atoms with Crippen LogP contribution in [0.1, 0.15) is 44.7 Å². The second kappa shape index (κ2) is 13.0. The number of anilines is 1. The molecule has 0 fully saturated rings. The molecule has 2 aromatic rings. The molecule has 0 spiro atoms. The maximum Gasteiger partial charge on any atom is 0.244 e. The Bertz CT molecular complexity index is 1210. The molecule has 2 atom stereocenters. The van der Waals surface area contributed by atoms with Gasteiger partial charge in [-0.25, -0.2) is 8.42 Å². The Hall–Kier alpha value is -2.00. The van der Waals surface area contributed by atoms with Gasteiger partial charge in [-0.2, -0.15) is 0 Å². The number of halogens is 3. The summed E-state index contributed by atoms with van der Waals surface area (Å²) in [6.07, 6.45) is 2.05. The summed E-state index contributed by atoms with van der Waals surface area (Å²) in [7, 11) is -3.86. The average Bonchev–Trinajstić information content (AvgIpc) is 2.79. The molecule has 11 heteroatoms. The number of amides is 2. The van der Waals surface area contributed by atoms with Gasteiger partial charge < -0.3 is 10.2 Å². The standard InChI is InChI=1S/C25H32Cl3N3O4S/c1-6-17(4)29-25(33)22(7-2)30(14-18-9-11-19(26)12-21(18)28)24(32)15-31(36(5,34)35)23-13-20(27)10-8-16(23)3/h8-13,17,22H,6-7,14-15H2,1-5H3,(H,29,33)/t17-,22+/m1/s1. The minimum atomic E-state index is -3.86. The highest BCUT2D eigenvalue weighted by atomic mass is 35.5. The molecule has 0 bridgehead atoms. The Labute approximate surface area is 228 Å². The van der Waals surface area contributed by atoms with Crippen molar-refractivity contribution in [3.8, 4) is 0 Å². The first-order chi connectivity index (χ1) is 16.8. The third-order valence-electron chi connectivity index (χ3n) is 5.86. The second-order valence-electron chi connectivity index (χ2n) is 8.70. The highest BCUT2D eigenvalue weighted by Crippen LogP contribution is 2.28. The Balaban J connectivity index is 2.52. The molecule has 0 saturated carbocycles. The number of carbonyl (C=O) groups is 2. The number of nitrogens with one attached hydrogen (secondary N) is 1. The van der Waals surface area contributed by atoms with Crippen molar-refractivity contribution in [3.05, 3.63) is 62.6 Å². The van der Waals surface area contributed by atoms with Crippen LogP contribution in [0.5, 0.6) is 0 Å². The van der Waals surface area contributed by atoms with Crippen molar-refractivity contribution in [2.75, 3.05) is 17.1 Å². The Kier molecular flexibility index (Phi) is 10.9. The lowest BCUT2D eigenvalue weighted by molar-refractivity contribution is -0.140. The predicted octanol–water partition coefficient (Wildman–Crippen LogP) is 5.44. The topological polar surface area (TPSA) is 86.8 Å². The van der Waals surface area contributed by atoms with Gasteiger partial charge in [-0.1, -0.05) is 60.8 Å². The van der Waals surface area contributed by atoms with Crippen LogP contribution in [0.2, 0.25) is 15.1 Å². The minimum absolute atomic E-state index is 0.00655. The lowest BCUT2D eigenvalue weighted by atomic mass is 10.1. The molecule has 2 aromatic carbocycles. The number of carbonyl (C=O) groups excluding carboxylic acids is 2. The fourth-order valence-corrected chi connectivity index (χ4v) is 5.17. The van der Waals surface area contributed by atoms with Crippen molar-refractivity contribution in [1.29, 1.82) is 0 Å². The number of rotatable bonds is 11. The van der Waals surface area contributed by atoms with Gasteiger partial charge in [-0.05, 0) is 62.1 Å². The van der Waals surface area contributed by atoms with Crippen LogP contribution in [-0.4, -0.2) is 50.0 Å². The van der Waals surface area contributed by atoms with Gasteiger partial charge in [0.05, 0.1) is 11.9 Å². The van der Waals surface area contributed by atoms with Gasteiger partial charge in [-0.3, -0.25) is 13.9 Å². The molecule has 198 valence electrons. The first-order valence-corrected chi connectivity index (χ1v) is 14.5. The Morgan fingerprint density at radius 2 is 1.61 bits per heavy atom. The largest absolute Gasteiger partial charge is 0.352 e. The quantitative estimate of drug-likeness (QED) is 0.386. The molecule has 0 aliphatic carbocycles. The fourth-order valence-electron chi connectivity index (χ4n) is 3.64. The number of hydrogen-bond acceptors (Lipinski definition) is 4. The molecule has 7 nitrogen and oxygen atoms in total. The van der Waals surface area contributed by atoms with E-state index in [1.165, 1.54) is 11.0 Å². The smallest absolute Gasteiger partial charge is 0.244 e. The van der Waals surface area contributed by atoms with Crippen molar-refractivity contribution in [3.63, 3.8) is 0 Å². The van der Waals surface area contributed by atoms with Gasteiger partial charge in [0.15, 0.2) is 0 Å². The molecule has 2 amide bonds. The summed E-state index contributed by atoms with van der Waals surface area (Å²) in [4.78, 5) is 28.3. The molecule has 0 heterocycles. The molecule has 0 aromatic heterocycles. The van der Waals surface area contributed by atoms with Gasteiger partial charge in [0.1, 0.15) is 12.6 Å². The summed E-state index contributed by atoms with van der Waals surface area (Å²) in [5.41, 5.74) is 1.50. The Morgan fingerprint density at radius 1 is 1.00 bits per heavy atom. The minimum Gasteiger partial charge on any atom is -0.352 e. The third-order valence-corrected chi connectivity index (χ3v) is 7.81. The number of sulfonamides is 1. The van der Waals surface area contributed by atoms with Crippen molar-refractivity contribution >= 4 is 62.3 Å². The van der Waals surface area contributed by atoms with Crippen LogP contribution in [-0.2, 0) is 26.2 Å². The monoisotopic (exact) mass is 575 g/mol. The summed E-state index contributed by atoms with van der Waals surface area (Å²) in [5, 5.41) is 4.02. The van der Waals surface area contributed by atoms with Gasteiger partial charge in [-0.15, -0.1) is 0 Å². The summed E-state index contributed by atoms with van der Waals surface area (Å²) in [6.45, 7) is 6.82. The molecule has 0 saturated heterocycles. The van der Waals surface area contributed by atoms with E-state index in [4.69, 9.17) is 34.8 Å².